The predicted octanol–water partition coefficient (Wildman–Crippen LogP) is 4.70. The van der Waals surface area contributed by atoms with Crippen LogP contribution in [0.3, 0.4) is 0 Å². The fraction of sp³-hybridized carbons (Fsp3) is 0.348. The zero-order chi connectivity index (χ0) is 20.8. The van der Waals surface area contributed by atoms with Crippen molar-refractivity contribution in [3.8, 4) is 0 Å². The van der Waals surface area contributed by atoms with E-state index < -0.39 is 0 Å². The first-order valence-corrected chi connectivity index (χ1v) is 10.8. The molecule has 0 aliphatic carbocycles. The number of hydrogen-bond acceptors (Lipinski definition) is 5. The van der Waals surface area contributed by atoms with Crippen LogP contribution in [0, 0.1) is 6.92 Å². The Morgan fingerprint density at radius 1 is 1.14 bits per heavy atom. The largest absolute Gasteiger partial charge is 0.378 e. The molecule has 1 fully saturated rings. The molecule has 29 heavy (non-hydrogen) atoms. The molecule has 6 heteroatoms. The van der Waals surface area contributed by atoms with Gasteiger partial charge < -0.3 is 4.90 Å². The minimum Gasteiger partial charge on any atom is -0.378 e. The van der Waals surface area contributed by atoms with Crippen molar-refractivity contribution in [1.29, 1.82) is 0 Å². The zero-order valence-corrected chi connectivity index (χ0v) is 18.3. The highest BCUT2D eigenvalue weighted by Crippen LogP contribution is 2.32. The molecule has 0 bridgehead atoms. The van der Waals surface area contributed by atoms with Crippen LogP contribution in [0.15, 0.2) is 58.7 Å². The number of aryl methyl sites for hydroxylation is 1. The third kappa shape index (κ3) is 5.26. The number of hydrogen-bond donors (Lipinski definition) is 0. The summed E-state index contributed by atoms with van der Waals surface area (Å²) in [7, 11) is 4.03. The summed E-state index contributed by atoms with van der Waals surface area (Å²) in [6, 6.07) is 16.3. The standard InChI is InChI=1S/C23H28N4OS/c1-5-8-21-22(28)27(16-19-10-7-6-9-17(19)2)23(29-21)25-24-15-18-11-13-20(14-12-18)26(3)4/h6-7,9-15,21H,5,8,16H2,1-4H3. The first-order valence-electron chi connectivity index (χ1n) is 9.90. The first kappa shape index (κ1) is 21.1. The van der Waals surface area contributed by atoms with Crippen molar-refractivity contribution in [1.82, 2.24) is 4.90 Å². The Balaban J connectivity index is 1.79. The van der Waals surface area contributed by atoms with Gasteiger partial charge in [0.2, 0.25) is 5.91 Å². The van der Waals surface area contributed by atoms with Gasteiger partial charge in [-0.3, -0.25) is 9.69 Å². The number of thioether (sulfide) groups is 1. The third-order valence-electron chi connectivity index (χ3n) is 4.92. The molecule has 0 N–H and O–H groups in total. The fourth-order valence-electron chi connectivity index (χ4n) is 3.14. The average Bonchev–Trinajstić information content (AvgIpc) is 2.99. The van der Waals surface area contributed by atoms with E-state index in [2.05, 4.69) is 41.1 Å². The zero-order valence-electron chi connectivity index (χ0n) is 17.5. The Bertz CT molecular complexity index is 905. The van der Waals surface area contributed by atoms with Crippen molar-refractivity contribution in [2.24, 2.45) is 10.2 Å². The van der Waals surface area contributed by atoms with E-state index >= 15 is 0 Å². The van der Waals surface area contributed by atoms with Gasteiger partial charge in [0.25, 0.3) is 0 Å². The monoisotopic (exact) mass is 408 g/mol. The molecule has 1 unspecified atom stereocenters. The number of benzene rings is 2. The molecule has 0 aromatic heterocycles. The Morgan fingerprint density at radius 2 is 1.86 bits per heavy atom. The Hall–Kier alpha value is -2.60. The minimum atomic E-state index is -0.0719. The number of nitrogens with zero attached hydrogens (tertiary/aromatic N) is 4. The van der Waals surface area contributed by atoms with E-state index in [0.717, 1.165) is 29.7 Å². The van der Waals surface area contributed by atoms with E-state index in [0.29, 0.717) is 11.7 Å². The summed E-state index contributed by atoms with van der Waals surface area (Å²) in [5, 5.41) is 9.29. The van der Waals surface area contributed by atoms with E-state index in [1.54, 1.807) is 11.1 Å². The second kappa shape index (κ2) is 9.74. The van der Waals surface area contributed by atoms with Gasteiger partial charge in [-0.2, -0.15) is 5.10 Å². The van der Waals surface area contributed by atoms with Gasteiger partial charge in [-0.1, -0.05) is 61.5 Å². The minimum absolute atomic E-state index is 0.0719. The molecule has 3 rings (SSSR count). The molecular weight excluding hydrogens is 380 g/mol. The topological polar surface area (TPSA) is 48.3 Å². The van der Waals surface area contributed by atoms with Crippen molar-refractivity contribution in [2.45, 2.75) is 38.5 Å². The van der Waals surface area contributed by atoms with Crippen LogP contribution >= 0.6 is 11.8 Å². The predicted molar refractivity (Wildman–Crippen MR) is 124 cm³/mol. The highest BCUT2D eigenvalue weighted by atomic mass is 32.2. The number of amidine groups is 1. The Labute approximate surface area is 177 Å². The summed E-state index contributed by atoms with van der Waals surface area (Å²) in [6.07, 6.45) is 3.55. The normalized spacial score (nSPS) is 18.2. The number of carbonyl (C=O) groups excluding carboxylic acids is 1. The van der Waals surface area contributed by atoms with Gasteiger partial charge in [-0.05, 0) is 42.2 Å². The molecule has 0 radical (unpaired) electrons. The summed E-state index contributed by atoms with van der Waals surface area (Å²) in [5.41, 5.74) is 4.42. The van der Waals surface area contributed by atoms with Crippen molar-refractivity contribution >= 4 is 34.7 Å². The molecule has 1 saturated heterocycles. The molecule has 0 spiro atoms. The van der Waals surface area contributed by atoms with Crippen LogP contribution in [0.4, 0.5) is 5.69 Å². The van der Waals surface area contributed by atoms with Crippen LogP contribution in [-0.4, -0.2) is 41.5 Å². The quantitative estimate of drug-likeness (QED) is 0.493. The van der Waals surface area contributed by atoms with Crippen LogP contribution in [0.2, 0.25) is 0 Å². The maximum atomic E-state index is 12.9. The summed E-state index contributed by atoms with van der Waals surface area (Å²) < 4.78 is 0. The van der Waals surface area contributed by atoms with E-state index in [9.17, 15) is 4.79 Å². The van der Waals surface area contributed by atoms with Gasteiger partial charge in [0.05, 0.1) is 18.0 Å². The number of amides is 1. The molecule has 1 heterocycles. The average molecular weight is 409 g/mol. The van der Waals surface area contributed by atoms with E-state index in [-0.39, 0.29) is 11.2 Å². The molecule has 2 aromatic carbocycles. The van der Waals surface area contributed by atoms with E-state index in [1.165, 1.54) is 17.3 Å². The number of carbonyl (C=O) groups is 1. The second-order valence-corrected chi connectivity index (χ2v) is 8.53. The van der Waals surface area contributed by atoms with Crippen LogP contribution < -0.4 is 4.90 Å². The van der Waals surface area contributed by atoms with E-state index in [4.69, 9.17) is 0 Å². The number of rotatable bonds is 7. The van der Waals surface area contributed by atoms with Gasteiger partial charge in [0.1, 0.15) is 0 Å². The summed E-state index contributed by atoms with van der Waals surface area (Å²) in [6.45, 7) is 4.70. The third-order valence-corrected chi connectivity index (χ3v) is 6.15. The van der Waals surface area contributed by atoms with E-state index in [1.807, 2.05) is 50.5 Å². The van der Waals surface area contributed by atoms with Crippen LogP contribution in [0.5, 0.6) is 0 Å². The van der Waals surface area contributed by atoms with Crippen LogP contribution in [0.25, 0.3) is 0 Å². The van der Waals surface area contributed by atoms with Gasteiger partial charge in [0.15, 0.2) is 5.17 Å². The highest BCUT2D eigenvalue weighted by molar-refractivity contribution is 8.15. The summed E-state index contributed by atoms with van der Waals surface area (Å²) in [4.78, 5) is 16.8. The SMILES string of the molecule is CCCC1SC(=NN=Cc2ccc(N(C)C)cc2)N(Cc2ccccc2C)C1=O. The van der Waals surface area contributed by atoms with Crippen LogP contribution in [0.1, 0.15) is 36.5 Å². The van der Waals surface area contributed by atoms with Gasteiger partial charge in [-0.25, -0.2) is 0 Å². The van der Waals surface area contributed by atoms with Crippen molar-refractivity contribution < 1.29 is 4.79 Å². The fourth-order valence-corrected chi connectivity index (χ4v) is 4.35. The van der Waals surface area contributed by atoms with Gasteiger partial charge in [0, 0.05) is 19.8 Å². The summed E-state index contributed by atoms with van der Waals surface area (Å²) in [5.74, 6) is 0.129. The van der Waals surface area contributed by atoms with Crippen molar-refractivity contribution in [3.05, 3.63) is 65.2 Å². The molecule has 152 valence electrons. The molecule has 1 aliphatic heterocycles. The Morgan fingerprint density at radius 3 is 2.52 bits per heavy atom. The second-order valence-electron chi connectivity index (χ2n) is 7.36. The molecule has 0 saturated carbocycles. The van der Waals surface area contributed by atoms with Crippen LogP contribution in [-0.2, 0) is 11.3 Å². The molecule has 5 nitrogen and oxygen atoms in total. The van der Waals surface area contributed by atoms with Gasteiger partial charge >= 0.3 is 0 Å². The first-order chi connectivity index (χ1) is 14.0. The Kier molecular flexibility index (Phi) is 7.09. The van der Waals surface area contributed by atoms with Gasteiger partial charge in [-0.15, -0.1) is 5.10 Å². The van der Waals surface area contributed by atoms with Crippen molar-refractivity contribution in [2.75, 3.05) is 19.0 Å². The molecule has 2 aromatic rings. The number of anilines is 1. The lowest BCUT2D eigenvalue weighted by molar-refractivity contribution is -0.126. The molecule has 1 atom stereocenters. The lowest BCUT2D eigenvalue weighted by Crippen LogP contribution is -2.31. The lowest BCUT2D eigenvalue weighted by Gasteiger charge is -2.17. The summed E-state index contributed by atoms with van der Waals surface area (Å²) >= 11 is 1.52. The van der Waals surface area contributed by atoms with Crippen molar-refractivity contribution in [3.63, 3.8) is 0 Å². The lowest BCUT2D eigenvalue weighted by atomic mass is 10.1. The molecule has 1 amide bonds. The molecular formula is C23H28N4OS. The maximum absolute atomic E-state index is 12.9. The maximum Gasteiger partial charge on any atom is 0.242 e. The smallest absolute Gasteiger partial charge is 0.242 e. The molecule has 1 aliphatic rings. The highest BCUT2D eigenvalue weighted by Gasteiger charge is 2.37.